The summed E-state index contributed by atoms with van der Waals surface area (Å²) in [6.07, 6.45) is 0.923. The van der Waals surface area contributed by atoms with E-state index < -0.39 is 10.8 Å². The first kappa shape index (κ1) is 25.1. The topological polar surface area (TPSA) is 116 Å². The monoisotopic (exact) mass is 521 g/mol. The maximum absolute atomic E-state index is 13.4. The number of hydrogen-bond acceptors (Lipinski definition) is 7. The van der Waals surface area contributed by atoms with E-state index in [9.17, 15) is 13.8 Å². The van der Waals surface area contributed by atoms with Crippen LogP contribution in [-0.2, 0) is 15.6 Å². The van der Waals surface area contributed by atoms with E-state index in [0.717, 1.165) is 49.4 Å². The molecule has 1 aliphatic rings. The van der Waals surface area contributed by atoms with Crippen LogP contribution in [0.1, 0.15) is 24.5 Å². The number of aromatic nitrogens is 4. The van der Waals surface area contributed by atoms with E-state index >= 15 is 0 Å². The Balaban J connectivity index is 1.42. The highest BCUT2D eigenvalue weighted by molar-refractivity contribution is 7.85. The SMILES string of the molecule is CCCNC(=O)CN1CCN(c2ccc3c(=O)nc4c(S(=O)c5ccc(C)cc5C)n[nH]n4c3c2)CC1. The number of nitrogens with one attached hydrogen (secondary N) is 2. The fourth-order valence-corrected chi connectivity index (χ4v) is 5.89. The molecule has 3 heterocycles. The predicted molar refractivity (Wildman–Crippen MR) is 144 cm³/mol. The maximum atomic E-state index is 13.4. The van der Waals surface area contributed by atoms with Crippen molar-refractivity contribution in [1.29, 1.82) is 0 Å². The van der Waals surface area contributed by atoms with Gasteiger partial charge in [-0.15, -0.1) is 5.10 Å². The molecule has 1 aliphatic heterocycles. The van der Waals surface area contributed by atoms with E-state index in [2.05, 4.69) is 30.4 Å². The largest absolute Gasteiger partial charge is 0.369 e. The Kier molecular flexibility index (Phi) is 7.07. The number of fused-ring (bicyclic) bond motifs is 3. The van der Waals surface area contributed by atoms with E-state index in [1.54, 1.807) is 10.6 Å². The van der Waals surface area contributed by atoms with Gasteiger partial charge in [0.05, 0.1) is 17.4 Å². The number of aryl methyl sites for hydroxylation is 2. The van der Waals surface area contributed by atoms with Gasteiger partial charge in [0.25, 0.3) is 5.56 Å². The lowest BCUT2D eigenvalue weighted by Crippen LogP contribution is -2.49. The molecule has 0 aliphatic carbocycles. The minimum atomic E-state index is -1.60. The molecule has 2 aromatic heterocycles. The zero-order chi connectivity index (χ0) is 26.1. The van der Waals surface area contributed by atoms with Crippen LogP contribution >= 0.6 is 0 Å². The van der Waals surface area contributed by atoms with Crippen molar-refractivity contribution in [3.63, 3.8) is 0 Å². The molecule has 1 fully saturated rings. The highest BCUT2D eigenvalue weighted by Gasteiger charge is 2.22. The van der Waals surface area contributed by atoms with Crippen LogP contribution in [0, 0.1) is 13.8 Å². The fourth-order valence-electron chi connectivity index (χ4n) is 4.72. The number of nitrogens with zero attached hydrogens (tertiary/aromatic N) is 5. The summed E-state index contributed by atoms with van der Waals surface area (Å²) in [4.78, 5) is 34.2. The zero-order valence-electron chi connectivity index (χ0n) is 21.3. The molecule has 11 heteroatoms. The van der Waals surface area contributed by atoms with Crippen molar-refractivity contribution in [3.8, 4) is 0 Å². The minimum absolute atomic E-state index is 0.0588. The molecule has 10 nitrogen and oxygen atoms in total. The average Bonchev–Trinajstić information content (AvgIpc) is 3.31. The van der Waals surface area contributed by atoms with E-state index in [0.29, 0.717) is 28.9 Å². The quantitative estimate of drug-likeness (QED) is 0.382. The Morgan fingerprint density at radius 1 is 1.11 bits per heavy atom. The molecule has 1 saturated heterocycles. The number of carbonyl (C=O) groups is 1. The van der Waals surface area contributed by atoms with E-state index in [-0.39, 0.29) is 22.1 Å². The van der Waals surface area contributed by atoms with Crippen molar-refractivity contribution >= 4 is 38.9 Å². The lowest BCUT2D eigenvalue weighted by atomic mass is 10.2. The van der Waals surface area contributed by atoms with Crippen LogP contribution < -0.4 is 15.8 Å². The molecule has 1 atom stereocenters. The van der Waals surface area contributed by atoms with Crippen molar-refractivity contribution in [2.75, 3.05) is 44.2 Å². The zero-order valence-corrected chi connectivity index (χ0v) is 22.1. The number of hydrogen-bond donors (Lipinski definition) is 2. The van der Waals surface area contributed by atoms with Gasteiger partial charge in [0.2, 0.25) is 5.91 Å². The lowest BCUT2D eigenvalue weighted by Gasteiger charge is -2.35. The van der Waals surface area contributed by atoms with Gasteiger partial charge in [0, 0.05) is 43.3 Å². The van der Waals surface area contributed by atoms with Crippen molar-refractivity contribution in [2.24, 2.45) is 0 Å². The van der Waals surface area contributed by atoms with Crippen LogP contribution in [-0.4, -0.2) is 74.1 Å². The Bertz CT molecular complexity index is 1550. The van der Waals surface area contributed by atoms with Gasteiger partial charge in [-0.2, -0.15) is 4.98 Å². The Labute approximate surface area is 217 Å². The highest BCUT2D eigenvalue weighted by atomic mass is 32.2. The van der Waals surface area contributed by atoms with E-state index in [1.807, 2.05) is 51.1 Å². The van der Waals surface area contributed by atoms with Gasteiger partial charge in [0.15, 0.2) is 10.7 Å². The fraction of sp³-hybridized carbons (Fsp3) is 0.385. The number of amides is 1. The second kappa shape index (κ2) is 10.4. The molecule has 37 heavy (non-hydrogen) atoms. The van der Waals surface area contributed by atoms with E-state index in [1.165, 1.54) is 0 Å². The Morgan fingerprint density at radius 2 is 1.89 bits per heavy atom. The second-order valence-electron chi connectivity index (χ2n) is 9.45. The van der Waals surface area contributed by atoms with Crippen molar-refractivity contribution in [3.05, 3.63) is 57.9 Å². The maximum Gasteiger partial charge on any atom is 0.281 e. The third-order valence-corrected chi connectivity index (χ3v) is 8.18. The second-order valence-corrected chi connectivity index (χ2v) is 10.8. The van der Waals surface area contributed by atoms with Gasteiger partial charge in [-0.3, -0.25) is 14.5 Å². The molecule has 0 spiro atoms. The highest BCUT2D eigenvalue weighted by Crippen LogP contribution is 2.25. The van der Waals surface area contributed by atoms with Crippen LogP contribution in [0.25, 0.3) is 16.6 Å². The number of H-pyrrole nitrogens is 1. The van der Waals surface area contributed by atoms with Crippen LogP contribution in [0.5, 0.6) is 0 Å². The summed E-state index contributed by atoms with van der Waals surface area (Å²) in [5.74, 6) is 0.0588. The van der Waals surface area contributed by atoms with E-state index in [4.69, 9.17) is 0 Å². The molecule has 0 radical (unpaired) electrons. The number of benzene rings is 2. The number of anilines is 1. The van der Waals surface area contributed by atoms with Gasteiger partial charge in [-0.05, 0) is 50.1 Å². The van der Waals surface area contributed by atoms with Gasteiger partial charge >= 0.3 is 0 Å². The summed E-state index contributed by atoms with van der Waals surface area (Å²) >= 11 is 0. The first-order chi connectivity index (χ1) is 17.9. The molecule has 2 aromatic carbocycles. The van der Waals surface area contributed by atoms with Gasteiger partial charge in [-0.1, -0.05) is 24.6 Å². The summed E-state index contributed by atoms with van der Waals surface area (Å²) in [5, 5.41) is 10.8. The first-order valence-corrected chi connectivity index (χ1v) is 13.6. The number of aromatic amines is 1. The number of rotatable bonds is 7. The molecule has 194 valence electrons. The number of carbonyl (C=O) groups excluding carboxylic acids is 1. The predicted octanol–water partition coefficient (Wildman–Crippen LogP) is 2.00. The smallest absolute Gasteiger partial charge is 0.281 e. The molecule has 0 saturated carbocycles. The minimum Gasteiger partial charge on any atom is -0.369 e. The standard InChI is InChI=1S/C26H31N7O3S/c1-4-9-27-23(34)16-31-10-12-32(13-11-31)19-6-7-20-21(15-19)33-24(28-25(20)35)26(29-30-33)37(36)22-8-5-17(2)14-18(22)3/h5-8,14-15,30H,4,9-13,16H2,1-3H3,(H,27,34). The summed E-state index contributed by atoms with van der Waals surface area (Å²) in [5.41, 5.74) is 3.45. The molecular weight excluding hydrogens is 490 g/mol. The first-order valence-electron chi connectivity index (χ1n) is 12.5. The van der Waals surface area contributed by atoms with Crippen molar-refractivity contribution < 1.29 is 9.00 Å². The van der Waals surface area contributed by atoms with Gasteiger partial charge in [-0.25, -0.2) is 13.9 Å². The molecule has 2 N–H and O–H groups in total. The molecule has 1 amide bonds. The van der Waals surface area contributed by atoms with Crippen molar-refractivity contribution in [2.45, 2.75) is 37.1 Å². The molecule has 1 unspecified atom stereocenters. The lowest BCUT2D eigenvalue weighted by molar-refractivity contribution is -0.122. The molecule has 0 bridgehead atoms. The van der Waals surface area contributed by atoms with Crippen LogP contribution in [0.2, 0.25) is 0 Å². The van der Waals surface area contributed by atoms with Crippen molar-refractivity contribution in [1.82, 2.24) is 30.0 Å². The summed E-state index contributed by atoms with van der Waals surface area (Å²) in [7, 11) is -1.60. The average molecular weight is 522 g/mol. The third kappa shape index (κ3) is 5.01. The molecular formula is C26H31N7O3S. The Hall–Kier alpha value is -3.57. The third-order valence-electron chi connectivity index (χ3n) is 6.70. The van der Waals surface area contributed by atoms with Crippen LogP contribution in [0.4, 0.5) is 5.69 Å². The Morgan fingerprint density at radius 3 is 2.62 bits per heavy atom. The molecule has 4 aromatic rings. The number of piperazine rings is 1. The summed E-state index contributed by atoms with van der Waals surface area (Å²) in [6, 6.07) is 11.4. The van der Waals surface area contributed by atoms with Gasteiger partial charge < -0.3 is 10.2 Å². The summed E-state index contributed by atoms with van der Waals surface area (Å²) < 4.78 is 15.0. The van der Waals surface area contributed by atoms with Gasteiger partial charge in [0.1, 0.15) is 10.8 Å². The summed E-state index contributed by atoms with van der Waals surface area (Å²) in [6.45, 7) is 10.1. The molecule has 5 rings (SSSR count). The normalized spacial score (nSPS) is 15.4. The van der Waals surface area contributed by atoms with Crippen LogP contribution in [0.15, 0.2) is 51.1 Å². The van der Waals surface area contributed by atoms with Crippen LogP contribution in [0.3, 0.4) is 0 Å².